The fourth-order valence-corrected chi connectivity index (χ4v) is 4.69. The average Bonchev–Trinajstić information content (AvgIpc) is 3.23. The molecular formula is C26H29N3O3. The number of pyridine rings is 1. The summed E-state index contributed by atoms with van der Waals surface area (Å²) < 4.78 is 11.0. The van der Waals surface area contributed by atoms with Crippen LogP contribution in [-0.2, 0) is 17.8 Å². The second kappa shape index (κ2) is 9.40. The molecule has 6 heteroatoms. The van der Waals surface area contributed by atoms with Crippen LogP contribution >= 0.6 is 0 Å². The van der Waals surface area contributed by atoms with E-state index in [1.165, 1.54) is 0 Å². The first kappa shape index (κ1) is 21.8. The lowest BCUT2D eigenvalue weighted by Crippen LogP contribution is -2.41. The average molecular weight is 432 g/mol. The number of hydrogen-bond donors (Lipinski definition) is 1. The van der Waals surface area contributed by atoms with Crippen LogP contribution in [0.4, 0.5) is 0 Å². The van der Waals surface area contributed by atoms with Crippen LogP contribution in [0.2, 0.25) is 0 Å². The van der Waals surface area contributed by atoms with Gasteiger partial charge in [-0.05, 0) is 42.6 Å². The third-order valence-corrected chi connectivity index (χ3v) is 6.35. The number of ether oxygens (including phenoxy) is 2. The minimum Gasteiger partial charge on any atom is -0.493 e. The van der Waals surface area contributed by atoms with Crippen molar-refractivity contribution in [1.82, 2.24) is 9.88 Å². The molecule has 0 spiro atoms. The molecule has 32 heavy (non-hydrogen) atoms. The van der Waals surface area contributed by atoms with Crippen molar-refractivity contribution < 1.29 is 14.3 Å². The lowest BCUT2D eigenvalue weighted by atomic mass is 9.78. The fourth-order valence-electron chi connectivity index (χ4n) is 4.69. The maximum atomic E-state index is 12.7. The zero-order valence-electron chi connectivity index (χ0n) is 18.6. The van der Waals surface area contributed by atoms with Gasteiger partial charge in [-0.25, -0.2) is 0 Å². The summed E-state index contributed by atoms with van der Waals surface area (Å²) in [7, 11) is 3.28. The molecule has 2 aromatic carbocycles. The van der Waals surface area contributed by atoms with Crippen LogP contribution in [0.15, 0.2) is 67.0 Å². The van der Waals surface area contributed by atoms with Crippen molar-refractivity contribution in [3.63, 3.8) is 0 Å². The molecule has 1 fully saturated rings. The van der Waals surface area contributed by atoms with Crippen molar-refractivity contribution >= 4 is 5.91 Å². The van der Waals surface area contributed by atoms with Gasteiger partial charge in [-0.2, -0.15) is 0 Å². The van der Waals surface area contributed by atoms with E-state index in [9.17, 15) is 4.79 Å². The standard InChI is InChI=1S/C26H29N3O3/c1-31-23-11-5-8-21(24(23)32-2)17-29-14-12-26(18-29,25(27)30)15-19-7-3-4-10-22(19)20-9-6-13-28-16-20/h3-11,13,16H,12,14-15,17-18H2,1-2H3,(H2,27,30). The number of hydrogen-bond acceptors (Lipinski definition) is 5. The number of nitrogens with zero attached hydrogens (tertiary/aromatic N) is 2. The Morgan fingerprint density at radius 2 is 1.88 bits per heavy atom. The number of likely N-dealkylation sites (tertiary alicyclic amines) is 1. The minimum absolute atomic E-state index is 0.251. The predicted molar refractivity (Wildman–Crippen MR) is 124 cm³/mol. The second-order valence-electron chi connectivity index (χ2n) is 8.33. The molecule has 166 valence electrons. The van der Waals surface area contributed by atoms with E-state index >= 15 is 0 Å². The van der Waals surface area contributed by atoms with Gasteiger partial charge in [0.1, 0.15) is 0 Å². The van der Waals surface area contributed by atoms with Gasteiger partial charge in [0.05, 0.1) is 19.6 Å². The van der Waals surface area contributed by atoms with Gasteiger partial charge in [0.15, 0.2) is 11.5 Å². The fraction of sp³-hybridized carbons (Fsp3) is 0.308. The summed E-state index contributed by atoms with van der Waals surface area (Å²) in [5, 5.41) is 0. The highest BCUT2D eigenvalue weighted by atomic mass is 16.5. The number of amides is 1. The van der Waals surface area contributed by atoms with Crippen molar-refractivity contribution in [2.24, 2.45) is 11.1 Å². The number of carbonyl (C=O) groups excluding carboxylic acids is 1. The topological polar surface area (TPSA) is 77.7 Å². The van der Waals surface area contributed by atoms with Crippen molar-refractivity contribution in [2.45, 2.75) is 19.4 Å². The molecule has 3 aromatic rings. The molecule has 0 radical (unpaired) electrons. The highest BCUT2D eigenvalue weighted by Gasteiger charge is 2.43. The Labute approximate surface area is 189 Å². The Morgan fingerprint density at radius 1 is 1.06 bits per heavy atom. The first-order valence-electron chi connectivity index (χ1n) is 10.8. The highest BCUT2D eigenvalue weighted by Crippen LogP contribution is 2.39. The predicted octanol–water partition coefficient (Wildman–Crippen LogP) is 3.69. The first-order chi connectivity index (χ1) is 15.6. The third-order valence-electron chi connectivity index (χ3n) is 6.35. The smallest absolute Gasteiger partial charge is 0.225 e. The zero-order valence-corrected chi connectivity index (χ0v) is 18.6. The number of rotatable bonds is 8. The monoisotopic (exact) mass is 431 g/mol. The van der Waals surface area contributed by atoms with Crippen molar-refractivity contribution in [3.8, 4) is 22.6 Å². The molecule has 2 N–H and O–H groups in total. The molecule has 0 aliphatic carbocycles. The number of aromatic nitrogens is 1. The van der Waals surface area contributed by atoms with Crippen LogP contribution in [-0.4, -0.2) is 43.1 Å². The minimum atomic E-state index is -0.621. The van der Waals surface area contributed by atoms with Gasteiger partial charge in [-0.1, -0.05) is 42.5 Å². The largest absolute Gasteiger partial charge is 0.493 e. The number of methoxy groups -OCH3 is 2. The lowest BCUT2D eigenvalue weighted by Gasteiger charge is -2.27. The molecule has 4 rings (SSSR count). The number of primary amides is 1. The van der Waals surface area contributed by atoms with Crippen molar-refractivity contribution in [2.75, 3.05) is 27.3 Å². The number of carbonyl (C=O) groups is 1. The van der Waals surface area contributed by atoms with E-state index in [1.54, 1.807) is 20.4 Å². The van der Waals surface area contributed by atoms with Crippen LogP contribution in [0.1, 0.15) is 17.5 Å². The van der Waals surface area contributed by atoms with Crippen LogP contribution in [0.3, 0.4) is 0 Å². The molecular weight excluding hydrogens is 402 g/mol. The number of para-hydroxylation sites is 1. The SMILES string of the molecule is COc1cccc(CN2CCC(Cc3ccccc3-c3cccnc3)(C(N)=O)C2)c1OC. The maximum Gasteiger partial charge on any atom is 0.225 e. The quantitative estimate of drug-likeness (QED) is 0.589. The molecule has 0 bridgehead atoms. The van der Waals surface area contributed by atoms with Gasteiger partial charge >= 0.3 is 0 Å². The van der Waals surface area contributed by atoms with Crippen LogP contribution in [0, 0.1) is 5.41 Å². The molecule has 2 heterocycles. The maximum absolute atomic E-state index is 12.7. The summed E-state index contributed by atoms with van der Waals surface area (Å²) in [6, 6.07) is 18.0. The van der Waals surface area contributed by atoms with Crippen LogP contribution in [0.25, 0.3) is 11.1 Å². The number of benzene rings is 2. The Bertz CT molecular complexity index is 1090. The summed E-state index contributed by atoms with van der Waals surface area (Å²) in [5.41, 5.74) is 9.66. The van der Waals surface area contributed by atoms with E-state index < -0.39 is 5.41 Å². The van der Waals surface area contributed by atoms with E-state index in [0.29, 0.717) is 25.3 Å². The van der Waals surface area contributed by atoms with Gasteiger partial charge < -0.3 is 15.2 Å². The summed E-state index contributed by atoms with van der Waals surface area (Å²) in [4.78, 5) is 19.3. The highest BCUT2D eigenvalue weighted by molar-refractivity contribution is 5.82. The molecule has 0 saturated carbocycles. The molecule has 1 aromatic heterocycles. The molecule has 6 nitrogen and oxygen atoms in total. The molecule has 1 saturated heterocycles. The van der Waals surface area contributed by atoms with E-state index in [2.05, 4.69) is 22.0 Å². The van der Waals surface area contributed by atoms with E-state index in [1.807, 2.05) is 48.7 Å². The van der Waals surface area contributed by atoms with E-state index in [-0.39, 0.29) is 5.91 Å². The van der Waals surface area contributed by atoms with Crippen LogP contribution in [0.5, 0.6) is 11.5 Å². The molecule has 1 aliphatic rings. The molecule has 1 amide bonds. The lowest BCUT2D eigenvalue weighted by molar-refractivity contribution is -0.127. The Balaban J connectivity index is 1.58. The Morgan fingerprint density at radius 3 is 2.59 bits per heavy atom. The summed E-state index contributed by atoms with van der Waals surface area (Å²) in [6.45, 7) is 2.06. The molecule has 1 atom stereocenters. The second-order valence-corrected chi connectivity index (χ2v) is 8.33. The van der Waals surface area contributed by atoms with Gasteiger partial charge in [-0.15, -0.1) is 0 Å². The van der Waals surface area contributed by atoms with E-state index in [4.69, 9.17) is 15.2 Å². The Kier molecular flexibility index (Phi) is 6.42. The van der Waals surface area contributed by atoms with Gasteiger partial charge in [0, 0.05) is 36.6 Å². The summed E-state index contributed by atoms with van der Waals surface area (Å²) in [5.74, 6) is 1.18. The third kappa shape index (κ3) is 4.32. The van der Waals surface area contributed by atoms with Crippen LogP contribution < -0.4 is 15.2 Å². The molecule has 1 aliphatic heterocycles. The van der Waals surface area contributed by atoms with Gasteiger partial charge in [0.25, 0.3) is 0 Å². The Hall–Kier alpha value is -3.38. The zero-order chi connectivity index (χ0) is 22.6. The van der Waals surface area contributed by atoms with E-state index in [0.717, 1.165) is 41.0 Å². The number of nitrogens with two attached hydrogens (primary N) is 1. The van der Waals surface area contributed by atoms with Crippen molar-refractivity contribution in [3.05, 3.63) is 78.1 Å². The first-order valence-corrected chi connectivity index (χ1v) is 10.8. The summed E-state index contributed by atoms with van der Waals surface area (Å²) in [6.07, 6.45) is 4.93. The molecule has 1 unspecified atom stereocenters. The van der Waals surface area contributed by atoms with Gasteiger partial charge in [0.2, 0.25) is 5.91 Å². The van der Waals surface area contributed by atoms with Gasteiger partial charge in [-0.3, -0.25) is 14.7 Å². The summed E-state index contributed by atoms with van der Waals surface area (Å²) >= 11 is 0. The van der Waals surface area contributed by atoms with Crippen molar-refractivity contribution in [1.29, 1.82) is 0 Å². The normalized spacial score (nSPS) is 18.4.